The van der Waals surface area contributed by atoms with E-state index in [9.17, 15) is 10.1 Å². The third kappa shape index (κ3) is 2.59. The second-order valence-corrected chi connectivity index (χ2v) is 3.94. The van der Waals surface area contributed by atoms with E-state index in [-0.39, 0.29) is 23.2 Å². The summed E-state index contributed by atoms with van der Waals surface area (Å²) < 4.78 is 5.36. The van der Waals surface area contributed by atoms with Gasteiger partial charge >= 0.3 is 5.69 Å². The molecule has 0 atom stereocenters. The topological polar surface area (TPSA) is 116 Å². The van der Waals surface area contributed by atoms with Crippen molar-refractivity contribution in [2.45, 2.75) is 19.8 Å². The van der Waals surface area contributed by atoms with Crippen LogP contribution in [-0.4, -0.2) is 21.5 Å². The molecule has 1 aliphatic rings. The number of nitro groups is 1. The van der Waals surface area contributed by atoms with Crippen molar-refractivity contribution in [1.29, 1.82) is 0 Å². The minimum Gasteiger partial charge on any atom is -0.472 e. The fraction of sp³-hybridized carbons (Fsp3) is 0.556. The highest BCUT2D eigenvalue weighted by Crippen LogP contribution is 2.33. The third-order valence-electron chi connectivity index (χ3n) is 2.49. The van der Waals surface area contributed by atoms with E-state index in [0.29, 0.717) is 12.5 Å². The van der Waals surface area contributed by atoms with E-state index in [4.69, 9.17) is 10.6 Å². The van der Waals surface area contributed by atoms with Crippen molar-refractivity contribution in [1.82, 2.24) is 9.97 Å². The van der Waals surface area contributed by atoms with Crippen LogP contribution in [0.4, 0.5) is 11.6 Å². The molecule has 0 spiro atoms. The summed E-state index contributed by atoms with van der Waals surface area (Å²) in [6.45, 7) is 1.96. The maximum atomic E-state index is 10.9. The van der Waals surface area contributed by atoms with Gasteiger partial charge in [-0.15, -0.1) is 0 Å². The van der Waals surface area contributed by atoms with Gasteiger partial charge in [-0.3, -0.25) is 15.5 Å². The molecule has 0 saturated heterocycles. The largest absolute Gasteiger partial charge is 0.472 e. The number of nitrogens with two attached hydrogens (primary N) is 1. The molecule has 3 N–H and O–H groups in total. The van der Waals surface area contributed by atoms with Gasteiger partial charge in [-0.2, -0.15) is 4.98 Å². The van der Waals surface area contributed by atoms with Gasteiger partial charge < -0.3 is 4.74 Å². The van der Waals surface area contributed by atoms with Crippen LogP contribution < -0.4 is 16.0 Å². The lowest BCUT2D eigenvalue weighted by molar-refractivity contribution is -0.387. The van der Waals surface area contributed by atoms with Crippen molar-refractivity contribution in [2.75, 3.05) is 12.0 Å². The van der Waals surface area contributed by atoms with Crippen molar-refractivity contribution in [2.24, 2.45) is 11.8 Å². The van der Waals surface area contributed by atoms with Gasteiger partial charge in [0.25, 0.3) is 5.88 Å². The molecule has 1 heterocycles. The monoisotopic (exact) mass is 239 g/mol. The number of ether oxygens (including phenoxy) is 1. The van der Waals surface area contributed by atoms with Crippen LogP contribution in [0.25, 0.3) is 0 Å². The van der Waals surface area contributed by atoms with E-state index >= 15 is 0 Å². The second kappa shape index (κ2) is 4.50. The number of rotatable bonds is 5. The third-order valence-corrected chi connectivity index (χ3v) is 2.49. The zero-order chi connectivity index (χ0) is 12.4. The van der Waals surface area contributed by atoms with E-state index in [1.807, 2.05) is 0 Å². The molecule has 0 amide bonds. The maximum absolute atomic E-state index is 10.9. The fourth-order valence-corrected chi connectivity index (χ4v) is 1.40. The van der Waals surface area contributed by atoms with E-state index in [1.54, 1.807) is 0 Å². The molecule has 1 saturated carbocycles. The Kier molecular flexibility index (Phi) is 3.05. The van der Waals surface area contributed by atoms with Crippen LogP contribution in [0.15, 0.2) is 0 Å². The Labute approximate surface area is 97.3 Å². The first-order valence-corrected chi connectivity index (χ1v) is 5.24. The molecule has 8 heteroatoms. The Balaban J connectivity index is 2.29. The lowest BCUT2D eigenvalue weighted by Crippen LogP contribution is -2.14. The maximum Gasteiger partial charge on any atom is 0.352 e. The molecule has 0 radical (unpaired) electrons. The number of anilines is 1. The van der Waals surface area contributed by atoms with Crippen LogP contribution in [0.3, 0.4) is 0 Å². The number of hydrogen-bond donors (Lipinski definition) is 2. The van der Waals surface area contributed by atoms with Crippen LogP contribution >= 0.6 is 0 Å². The molecule has 0 aromatic carbocycles. The molecule has 1 aromatic heterocycles. The number of nitrogens with one attached hydrogen (secondary N) is 1. The highest BCUT2D eigenvalue weighted by molar-refractivity contribution is 5.48. The first-order chi connectivity index (χ1) is 8.11. The Hall–Kier alpha value is -1.96. The van der Waals surface area contributed by atoms with E-state index < -0.39 is 4.92 Å². The molecule has 92 valence electrons. The molecule has 1 fully saturated rings. The predicted octanol–water partition coefficient (Wildman–Crippen LogP) is 0.768. The molecule has 1 aromatic rings. The van der Waals surface area contributed by atoms with Gasteiger partial charge in [0, 0.05) is 0 Å². The minimum atomic E-state index is -0.544. The first-order valence-electron chi connectivity index (χ1n) is 5.24. The molecule has 0 aliphatic heterocycles. The summed E-state index contributed by atoms with van der Waals surface area (Å²) in [7, 11) is 0. The van der Waals surface area contributed by atoms with Crippen molar-refractivity contribution in [3.63, 3.8) is 0 Å². The summed E-state index contributed by atoms with van der Waals surface area (Å²) >= 11 is 0. The van der Waals surface area contributed by atoms with Crippen molar-refractivity contribution in [3.8, 4) is 5.88 Å². The number of hydrazine groups is 1. The Morgan fingerprint density at radius 1 is 1.59 bits per heavy atom. The van der Waals surface area contributed by atoms with Gasteiger partial charge in [0.1, 0.15) is 5.69 Å². The lowest BCUT2D eigenvalue weighted by Gasteiger charge is -2.07. The Morgan fingerprint density at radius 3 is 2.82 bits per heavy atom. The zero-order valence-corrected chi connectivity index (χ0v) is 9.34. The molecule has 17 heavy (non-hydrogen) atoms. The molecule has 0 unspecified atom stereocenters. The smallest absolute Gasteiger partial charge is 0.352 e. The summed E-state index contributed by atoms with van der Waals surface area (Å²) in [5, 5.41) is 10.9. The van der Waals surface area contributed by atoms with Crippen molar-refractivity contribution < 1.29 is 9.66 Å². The van der Waals surface area contributed by atoms with E-state index in [0.717, 1.165) is 12.8 Å². The molecular formula is C9H13N5O3. The van der Waals surface area contributed by atoms with Crippen LogP contribution in [0.1, 0.15) is 18.5 Å². The zero-order valence-electron chi connectivity index (χ0n) is 9.34. The van der Waals surface area contributed by atoms with Crippen molar-refractivity contribution in [3.05, 3.63) is 15.8 Å². The Bertz CT molecular complexity index is 447. The van der Waals surface area contributed by atoms with Gasteiger partial charge in [0.2, 0.25) is 5.95 Å². The summed E-state index contributed by atoms with van der Waals surface area (Å²) in [5.74, 6) is 5.75. The number of aryl methyl sites for hydroxylation is 1. The van der Waals surface area contributed by atoms with Crippen LogP contribution in [0, 0.1) is 23.0 Å². The normalized spacial score (nSPS) is 14.5. The number of nitrogen functional groups attached to an aromatic ring is 1. The lowest BCUT2D eigenvalue weighted by atomic mass is 10.3. The summed E-state index contributed by atoms with van der Waals surface area (Å²) in [5.41, 5.74) is 2.27. The molecule has 1 aliphatic carbocycles. The van der Waals surface area contributed by atoms with Gasteiger partial charge in [0.05, 0.1) is 11.5 Å². The second-order valence-electron chi connectivity index (χ2n) is 3.94. The van der Waals surface area contributed by atoms with Crippen molar-refractivity contribution >= 4 is 11.6 Å². The first kappa shape index (κ1) is 11.5. The highest BCUT2D eigenvalue weighted by Gasteiger charge is 2.27. The summed E-state index contributed by atoms with van der Waals surface area (Å²) in [4.78, 5) is 18.1. The molecule has 2 rings (SSSR count). The summed E-state index contributed by atoms with van der Waals surface area (Å²) in [6, 6.07) is 0. The SMILES string of the molecule is Cc1nc(NN)nc(OCC2CC2)c1[N+](=O)[O-]. The minimum absolute atomic E-state index is 0.0256. The average molecular weight is 239 g/mol. The summed E-state index contributed by atoms with van der Waals surface area (Å²) in [6.07, 6.45) is 2.19. The fourth-order valence-electron chi connectivity index (χ4n) is 1.40. The standard InChI is InChI=1S/C9H13N5O3/c1-5-7(14(15)16)8(12-9(11-5)13-10)17-4-6-2-3-6/h6H,2-4,10H2,1H3,(H,11,12,13). The van der Waals surface area contributed by atoms with Crippen LogP contribution in [0.2, 0.25) is 0 Å². The number of hydrogen-bond acceptors (Lipinski definition) is 7. The quantitative estimate of drug-likeness (QED) is 0.442. The van der Waals surface area contributed by atoms with E-state index in [2.05, 4.69) is 15.4 Å². The Morgan fingerprint density at radius 2 is 2.29 bits per heavy atom. The van der Waals surface area contributed by atoms with Gasteiger partial charge in [-0.1, -0.05) is 0 Å². The van der Waals surface area contributed by atoms with Gasteiger partial charge in [0.15, 0.2) is 0 Å². The van der Waals surface area contributed by atoms with E-state index in [1.165, 1.54) is 6.92 Å². The van der Waals surface area contributed by atoms with Crippen LogP contribution in [-0.2, 0) is 0 Å². The van der Waals surface area contributed by atoms with Gasteiger partial charge in [-0.25, -0.2) is 10.8 Å². The molecular weight excluding hydrogens is 226 g/mol. The highest BCUT2D eigenvalue weighted by atomic mass is 16.6. The number of nitrogens with zero attached hydrogens (tertiary/aromatic N) is 3. The predicted molar refractivity (Wildman–Crippen MR) is 59.5 cm³/mol. The average Bonchev–Trinajstić information content (AvgIpc) is 3.08. The van der Waals surface area contributed by atoms with Crippen LogP contribution in [0.5, 0.6) is 5.88 Å². The molecule has 0 bridgehead atoms. The number of aromatic nitrogens is 2. The molecule has 8 nitrogen and oxygen atoms in total. The van der Waals surface area contributed by atoms with Gasteiger partial charge in [-0.05, 0) is 25.7 Å².